The summed E-state index contributed by atoms with van der Waals surface area (Å²) in [6, 6.07) is 18.8. The van der Waals surface area contributed by atoms with Gasteiger partial charge in [-0.15, -0.1) is 11.3 Å². The number of hydrogen-bond donors (Lipinski definition) is 1. The van der Waals surface area contributed by atoms with Gasteiger partial charge in [-0.1, -0.05) is 48.5 Å². The molecule has 1 N–H and O–H groups in total. The maximum atomic E-state index is 12.4. The van der Waals surface area contributed by atoms with E-state index >= 15 is 0 Å². The van der Waals surface area contributed by atoms with Crippen molar-refractivity contribution in [3.8, 4) is 0 Å². The highest BCUT2D eigenvalue weighted by Crippen LogP contribution is 2.47. The van der Waals surface area contributed by atoms with E-state index in [1.54, 1.807) is 11.3 Å². The van der Waals surface area contributed by atoms with Crippen LogP contribution in [0.25, 0.3) is 10.8 Å². The van der Waals surface area contributed by atoms with Crippen LogP contribution in [0.1, 0.15) is 23.3 Å². The summed E-state index contributed by atoms with van der Waals surface area (Å²) in [5.41, 5.74) is 1.10. The molecule has 0 unspecified atom stereocenters. The van der Waals surface area contributed by atoms with Gasteiger partial charge in [-0.25, -0.2) is 0 Å². The van der Waals surface area contributed by atoms with Crippen molar-refractivity contribution in [3.63, 3.8) is 0 Å². The second kappa shape index (κ2) is 5.25. The molecule has 1 saturated carbocycles. The van der Waals surface area contributed by atoms with Crippen molar-refractivity contribution in [2.75, 3.05) is 0 Å². The fourth-order valence-corrected chi connectivity index (χ4v) is 3.82. The summed E-state index contributed by atoms with van der Waals surface area (Å²) in [6.45, 7) is 0. The van der Waals surface area contributed by atoms with Gasteiger partial charge in [0.1, 0.15) is 0 Å². The maximum Gasteiger partial charge on any atom is 0.225 e. The van der Waals surface area contributed by atoms with E-state index in [1.165, 1.54) is 16.3 Å². The van der Waals surface area contributed by atoms with Crippen LogP contribution in [0, 0.1) is 0 Å². The predicted octanol–water partition coefficient (Wildman–Crippen LogP) is 4.25. The number of fused-ring (bicyclic) bond motifs is 1. The lowest BCUT2D eigenvalue weighted by molar-refractivity contribution is -0.121. The number of carbonyl (C=O) groups excluding carboxylic acids is 1. The first kappa shape index (κ1) is 13.5. The van der Waals surface area contributed by atoms with Crippen LogP contribution in [-0.4, -0.2) is 5.91 Å². The summed E-state index contributed by atoms with van der Waals surface area (Å²) < 4.78 is 0. The van der Waals surface area contributed by atoms with E-state index in [0.29, 0.717) is 6.42 Å². The van der Waals surface area contributed by atoms with Gasteiger partial charge >= 0.3 is 0 Å². The van der Waals surface area contributed by atoms with E-state index in [9.17, 15) is 4.79 Å². The highest BCUT2D eigenvalue weighted by molar-refractivity contribution is 7.10. The molecule has 2 aromatic carbocycles. The number of hydrogen-bond acceptors (Lipinski definition) is 2. The van der Waals surface area contributed by atoms with Crippen molar-refractivity contribution in [2.45, 2.75) is 24.8 Å². The van der Waals surface area contributed by atoms with Crippen LogP contribution in [0.2, 0.25) is 0 Å². The highest BCUT2D eigenvalue weighted by Gasteiger charge is 2.46. The van der Waals surface area contributed by atoms with Crippen molar-refractivity contribution in [1.82, 2.24) is 5.32 Å². The fraction of sp³-hybridized carbons (Fsp3) is 0.211. The van der Waals surface area contributed by atoms with Gasteiger partial charge in [0.2, 0.25) is 5.91 Å². The molecule has 0 saturated heterocycles. The Kier molecular flexibility index (Phi) is 3.23. The standard InChI is InChI=1S/C19H17NOS/c21-18(13-15-7-4-12-22-15)20-19(10-11-19)17-9-3-6-14-5-1-2-8-16(14)17/h1-9,12H,10-11,13H2,(H,20,21). The van der Waals surface area contributed by atoms with Crippen molar-refractivity contribution in [2.24, 2.45) is 0 Å². The summed E-state index contributed by atoms with van der Waals surface area (Å²) in [6.07, 6.45) is 2.53. The van der Waals surface area contributed by atoms with E-state index in [0.717, 1.165) is 17.7 Å². The van der Waals surface area contributed by atoms with Gasteiger partial charge in [0, 0.05) is 4.88 Å². The monoisotopic (exact) mass is 307 g/mol. The molecule has 0 atom stereocenters. The van der Waals surface area contributed by atoms with E-state index in [2.05, 4.69) is 47.8 Å². The SMILES string of the molecule is O=C(Cc1cccs1)NC1(c2cccc3ccccc23)CC1. The third-order valence-electron chi connectivity index (χ3n) is 4.35. The topological polar surface area (TPSA) is 29.1 Å². The summed E-state index contributed by atoms with van der Waals surface area (Å²) in [4.78, 5) is 13.5. The minimum absolute atomic E-state index is 0.118. The smallest absolute Gasteiger partial charge is 0.225 e. The second-order valence-electron chi connectivity index (χ2n) is 5.91. The molecule has 0 radical (unpaired) electrons. The Morgan fingerprint density at radius 2 is 1.86 bits per heavy atom. The largest absolute Gasteiger partial charge is 0.346 e. The third kappa shape index (κ3) is 2.42. The van der Waals surface area contributed by atoms with Crippen molar-refractivity contribution >= 4 is 28.0 Å². The minimum Gasteiger partial charge on any atom is -0.346 e. The molecule has 110 valence electrons. The average molecular weight is 307 g/mol. The molecule has 1 aliphatic rings. The molecular weight excluding hydrogens is 290 g/mol. The molecule has 3 aromatic rings. The van der Waals surface area contributed by atoms with Crippen molar-refractivity contribution < 1.29 is 4.79 Å². The Balaban J connectivity index is 1.62. The maximum absolute atomic E-state index is 12.4. The molecule has 1 aromatic heterocycles. The Morgan fingerprint density at radius 1 is 1.05 bits per heavy atom. The molecule has 1 aliphatic carbocycles. The van der Waals surface area contributed by atoms with Crippen LogP contribution in [0.15, 0.2) is 60.0 Å². The molecule has 22 heavy (non-hydrogen) atoms. The first-order valence-electron chi connectivity index (χ1n) is 7.58. The van der Waals surface area contributed by atoms with Gasteiger partial charge in [0.25, 0.3) is 0 Å². The van der Waals surface area contributed by atoms with E-state index in [1.807, 2.05) is 17.5 Å². The first-order chi connectivity index (χ1) is 10.8. The molecule has 1 fully saturated rings. The number of rotatable bonds is 4. The Morgan fingerprint density at radius 3 is 2.64 bits per heavy atom. The van der Waals surface area contributed by atoms with Crippen LogP contribution < -0.4 is 5.32 Å². The minimum atomic E-state index is -0.158. The third-order valence-corrected chi connectivity index (χ3v) is 5.23. The number of amides is 1. The van der Waals surface area contributed by atoms with Crippen LogP contribution in [-0.2, 0) is 16.8 Å². The quantitative estimate of drug-likeness (QED) is 0.767. The molecule has 0 aliphatic heterocycles. The zero-order valence-corrected chi connectivity index (χ0v) is 13.0. The predicted molar refractivity (Wildman–Crippen MR) is 91.0 cm³/mol. The fourth-order valence-electron chi connectivity index (χ4n) is 3.11. The molecule has 2 nitrogen and oxygen atoms in total. The molecule has 3 heteroatoms. The number of thiophene rings is 1. The van der Waals surface area contributed by atoms with Gasteiger partial charge in [0.05, 0.1) is 12.0 Å². The van der Waals surface area contributed by atoms with Gasteiger partial charge in [-0.2, -0.15) is 0 Å². The van der Waals surface area contributed by atoms with Crippen LogP contribution in [0.4, 0.5) is 0 Å². The Labute approximate surface area is 133 Å². The molecular formula is C19H17NOS. The lowest BCUT2D eigenvalue weighted by Gasteiger charge is -2.20. The number of carbonyl (C=O) groups is 1. The lowest BCUT2D eigenvalue weighted by Crippen LogP contribution is -2.35. The zero-order valence-electron chi connectivity index (χ0n) is 12.2. The Hall–Kier alpha value is -2.13. The molecule has 0 bridgehead atoms. The zero-order chi connectivity index (χ0) is 15.0. The molecule has 4 rings (SSSR count). The van der Waals surface area contributed by atoms with Gasteiger partial charge in [0.15, 0.2) is 0 Å². The summed E-state index contributed by atoms with van der Waals surface area (Å²) in [5.74, 6) is 0.118. The average Bonchev–Trinajstić information content (AvgIpc) is 3.12. The highest BCUT2D eigenvalue weighted by atomic mass is 32.1. The van der Waals surface area contributed by atoms with Gasteiger partial charge in [-0.05, 0) is 40.6 Å². The van der Waals surface area contributed by atoms with Crippen molar-refractivity contribution in [3.05, 3.63) is 70.4 Å². The Bertz CT molecular complexity index is 813. The molecule has 1 heterocycles. The van der Waals surface area contributed by atoms with Crippen LogP contribution in [0.3, 0.4) is 0 Å². The lowest BCUT2D eigenvalue weighted by atomic mass is 9.97. The summed E-state index contributed by atoms with van der Waals surface area (Å²) in [5, 5.41) is 7.78. The number of nitrogens with one attached hydrogen (secondary N) is 1. The van der Waals surface area contributed by atoms with Crippen molar-refractivity contribution in [1.29, 1.82) is 0 Å². The van der Waals surface area contributed by atoms with Gasteiger partial charge < -0.3 is 5.32 Å². The van der Waals surface area contributed by atoms with E-state index in [4.69, 9.17) is 0 Å². The van der Waals surface area contributed by atoms with Crippen LogP contribution in [0.5, 0.6) is 0 Å². The van der Waals surface area contributed by atoms with E-state index in [-0.39, 0.29) is 11.4 Å². The normalized spacial score (nSPS) is 15.6. The first-order valence-corrected chi connectivity index (χ1v) is 8.46. The number of benzene rings is 2. The van der Waals surface area contributed by atoms with Gasteiger partial charge in [-0.3, -0.25) is 4.79 Å². The van der Waals surface area contributed by atoms with E-state index < -0.39 is 0 Å². The molecule has 0 spiro atoms. The van der Waals surface area contributed by atoms with Crippen LogP contribution >= 0.6 is 11.3 Å². The second-order valence-corrected chi connectivity index (χ2v) is 6.95. The summed E-state index contributed by atoms with van der Waals surface area (Å²) >= 11 is 1.64. The summed E-state index contributed by atoms with van der Waals surface area (Å²) in [7, 11) is 0. The molecule has 1 amide bonds.